The summed E-state index contributed by atoms with van der Waals surface area (Å²) in [5, 5.41) is 2.52. The fourth-order valence-electron chi connectivity index (χ4n) is 3.68. The van der Waals surface area contributed by atoms with Crippen LogP contribution in [0.25, 0.3) is 10.6 Å². The molecule has 1 aromatic carbocycles. The molecule has 2 aliphatic heterocycles. The third-order valence-electron chi connectivity index (χ3n) is 5.47. The monoisotopic (exact) mass is 458 g/mol. The van der Waals surface area contributed by atoms with Crippen LogP contribution in [0.15, 0.2) is 29.6 Å². The molecule has 2 aromatic rings. The van der Waals surface area contributed by atoms with E-state index < -0.39 is 11.8 Å². The summed E-state index contributed by atoms with van der Waals surface area (Å²) >= 11 is 1.41. The van der Waals surface area contributed by atoms with Crippen molar-refractivity contribution >= 4 is 29.1 Å². The maximum atomic E-state index is 12.9. The van der Waals surface area contributed by atoms with Crippen LogP contribution >= 0.6 is 11.3 Å². The summed E-state index contributed by atoms with van der Waals surface area (Å²) in [4.78, 5) is 47.1. The predicted octanol–water partition coefficient (Wildman–Crippen LogP) is 1.35. The van der Waals surface area contributed by atoms with Crippen molar-refractivity contribution in [3.8, 4) is 16.3 Å². The fourth-order valence-corrected chi connectivity index (χ4v) is 4.48. The largest absolute Gasteiger partial charge is 0.494 e. The average molecular weight is 459 g/mol. The van der Waals surface area contributed by atoms with Gasteiger partial charge in [0.15, 0.2) is 0 Å². The highest BCUT2D eigenvalue weighted by Crippen LogP contribution is 2.26. The van der Waals surface area contributed by atoms with E-state index in [1.54, 1.807) is 10.3 Å². The van der Waals surface area contributed by atoms with E-state index in [1.165, 1.54) is 21.1 Å². The summed E-state index contributed by atoms with van der Waals surface area (Å²) in [5.74, 6) is -0.369. The number of hydrogen-bond acceptors (Lipinski definition) is 7. The van der Waals surface area contributed by atoms with Gasteiger partial charge < -0.3 is 24.2 Å². The molecule has 3 amide bonds. The Hall–Kier alpha value is -2.98. The molecule has 0 radical (unpaired) electrons. The molecular formula is C22H26N4O5S. The third kappa shape index (κ3) is 4.91. The van der Waals surface area contributed by atoms with Gasteiger partial charge in [0.1, 0.15) is 16.5 Å². The Morgan fingerprint density at radius 3 is 2.16 bits per heavy atom. The molecule has 9 nitrogen and oxygen atoms in total. The first kappa shape index (κ1) is 22.2. The Morgan fingerprint density at radius 2 is 1.53 bits per heavy atom. The first-order valence-electron chi connectivity index (χ1n) is 10.7. The Labute approximate surface area is 190 Å². The van der Waals surface area contributed by atoms with Crippen LogP contribution in [0.1, 0.15) is 17.4 Å². The van der Waals surface area contributed by atoms with Crippen LogP contribution in [-0.2, 0) is 14.3 Å². The standard InChI is InChI=1S/C22H26N4O5S/c1-2-31-17-5-3-16(4-6-17)19-23-18(15-32-19)20(27)24-7-9-25(10-8-24)21(28)22(29)26-11-13-30-14-12-26/h3-6,15H,2,7-14H2,1H3. The zero-order chi connectivity index (χ0) is 22.5. The molecule has 0 unspecified atom stereocenters. The molecule has 1 aromatic heterocycles. The van der Waals surface area contributed by atoms with Gasteiger partial charge in [-0.2, -0.15) is 0 Å². The molecule has 0 atom stereocenters. The number of amides is 3. The topological polar surface area (TPSA) is 92.3 Å². The zero-order valence-electron chi connectivity index (χ0n) is 18.0. The van der Waals surface area contributed by atoms with Crippen LogP contribution in [0, 0.1) is 0 Å². The third-order valence-corrected chi connectivity index (χ3v) is 6.36. The second-order valence-electron chi connectivity index (χ2n) is 7.48. The predicted molar refractivity (Wildman–Crippen MR) is 119 cm³/mol. The Morgan fingerprint density at radius 1 is 0.938 bits per heavy atom. The number of benzene rings is 1. The highest BCUT2D eigenvalue weighted by molar-refractivity contribution is 7.13. The molecule has 0 N–H and O–H groups in total. The van der Waals surface area contributed by atoms with Crippen molar-refractivity contribution in [1.82, 2.24) is 19.7 Å². The maximum Gasteiger partial charge on any atom is 0.312 e. The quantitative estimate of drug-likeness (QED) is 0.643. The average Bonchev–Trinajstić information content (AvgIpc) is 3.34. The number of carbonyl (C=O) groups is 3. The van der Waals surface area contributed by atoms with E-state index in [0.29, 0.717) is 64.8 Å². The van der Waals surface area contributed by atoms with E-state index in [9.17, 15) is 14.4 Å². The van der Waals surface area contributed by atoms with Crippen molar-refractivity contribution < 1.29 is 23.9 Å². The Balaban J connectivity index is 1.32. The summed E-state index contributed by atoms with van der Waals surface area (Å²) in [6, 6.07) is 7.62. The van der Waals surface area contributed by atoms with Gasteiger partial charge in [0, 0.05) is 50.2 Å². The van der Waals surface area contributed by atoms with E-state index in [4.69, 9.17) is 9.47 Å². The molecule has 170 valence electrons. The molecule has 0 saturated carbocycles. The van der Waals surface area contributed by atoms with Crippen molar-refractivity contribution in [2.75, 3.05) is 59.1 Å². The zero-order valence-corrected chi connectivity index (χ0v) is 18.8. The van der Waals surface area contributed by atoms with Gasteiger partial charge in [-0.15, -0.1) is 11.3 Å². The van der Waals surface area contributed by atoms with Gasteiger partial charge >= 0.3 is 11.8 Å². The SMILES string of the molecule is CCOc1ccc(-c2nc(C(=O)N3CCN(C(=O)C(=O)N4CCOCC4)CC3)cs2)cc1. The maximum absolute atomic E-state index is 12.9. The van der Waals surface area contributed by atoms with E-state index >= 15 is 0 Å². The number of piperazine rings is 1. The lowest BCUT2D eigenvalue weighted by atomic mass is 10.2. The summed E-state index contributed by atoms with van der Waals surface area (Å²) in [5.41, 5.74) is 1.32. The van der Waals surface area contributed by atoms with Crippen molar-refractivity contribution in [2.24, 2.45) is 0 Å². The van der Waals surface area contributed by atoms with E-state index in [2.05, 4.69) is 4.98 Å². The fraction of sp³-hybridized carbons (Fsp3) is 0.455. The van der Waals surface area contributed by atoms with Gasteiger partial charge in [0.2, 0.25) is 0 Å². The minimum absolute atomic E-state index is 0.162. The molecule has 0 spiro atoms. The highest BCUT2D eigenvalue weighted by atomic mass is 32.1. The van der Waals surface area contributed by atoms with Crippen LogP contribution in [-0.4, -0.2) is 96.5 Å². The van der Waals surface area contributed by atoms with Crippen LogP contribution in [0.3, 0.4) is 0 Å². The van der Waals surface area contributed by atoms with Crippen LogP contribution in [0.5, 0.6) is 5.75 Å². The summed E-state index contributed by atoms with van der Waals surface area (Å²) in [7, 11) is 0. The molecule has 32 heavy (non-hydrogen) atoms. The van der Waals surface area contributed by atoms with E-state index in [-0.39, 0.29) is 5.91 Å². The van der Waals surface area contributed by atoms with Crippen LogP contribution in [0.2, 0.25) is 0 Å². The molecule has 10 heteroatoms. The lowest BCUT2D eigenvalue weighted by Crippen LogP contribution is -2.55. The number of nitrogens with zero attached hydrogens (tertiary/aromatic N) is 4. The molecule has 0 aliphatic carbocycles. The lowest BCUT2D eigenvalue weighted by molar-refractivity contribution is -0.154. The molecule has 4 rings (SSSR count). The minimum Gasteiger partial charge on any atom is -0.494 e. The number of hydrogen-bond donors (Lipinski definition) is 0. The normalized spacial score (nSPS) is 16.7. The van der Waals surface area contributed by atoms with Gasteiger partial charge in [-0.25, -0.2) is 4.98 Å². The highest BCUT2D eigenvalue weighted by Gasteiger charge is 2.32. The molecule has 2 aliphatic rings. The number of thiazole rings is 1. The Bertz CT molecular complexity index is 963. The summed E-state index contributed by atoms with van der Waals surface area (Å²) < 4.78 is 10.7. The number of aromatic nitrogens is 1. The van der Waals surface area contributed by atoms with Crippen molar-refractivity contribution in [3.05, 3.63) is 35.3 Å². The van der Waals surface area contributed by atoms with Crippen molar-refractivity contribution in [1.29, 1.82) is 0 Å². The van der Waals surface area contributed by atoms with Crippen LogP contribution < -0.4 is 4.74 Å². The van der Waals surface area contributed by atoms with Gasteiger partial charge in [-0.3, -0.25) is 14.4 Å². The number of carbonyl (C=O) groups excluding carboxylic acids is 3. The molecule has 2 saturated heterocycles. The smallest absolute Gasteiger partial charge is 0.312 e. The second-order valence-corrected chi connectivity index (χ2v) is 8.34. The van der Waals surface area contributed by atoms with Crippen LogP contribution in [0.4, 0.5) is 0 Å². The minimum atomic E-state index is -0.509. The molecule has 2 fully saturated rings. The first-order valence-corrected chi connectivity index (χ1v) is 11.6. The van der Waals surface area contributed by atoms with E-state index in [1.807, 2.05) is 31.2 Å². The summed E-state index contributed by atoms with van der Waals surface area (Å²) in [6.07, 6.45) is 0. The number of ether oxygens (including phenoxy) is 2. The molecule has 0 bridgehead atoms. The summed E-state index contributed by atoms with van der Waals surface area (Å²) in [6.45, 7) is 5.72. The molecular weight excluding hydrogens is 432 g/mol. The van der Waals surface area contributed by atoms with Gasteiger partial charge in [0.05, 0.1) is 19.8 Å². The lowest BCUT2D eigenvalue weighted by Gasteiger charge is -2.35. The number of morpholine rings is 1. The first-order chi connectivity index (χ1) is 15.6. The number of rotatable bonds is 4. The molecule has 3 heterocycles. The van der Waals surface area contributed by atoms with Crippen molar-refractivity contribution in [2.45, 2.75) is 6.92 Å². The van der Waals surface area contributed by atoms with Crippen molar-refractivity contribution in [3.63, 3.8) is 0 Å². The van der Waals surface area contributed by atoms with Gasteiger partial charge in [0.25, 0.3) is 5.91 Å². The Kier molecular flexibility index (Phi) is 7.01. The van der Waals surface area contributed by atoms with Gasteiger partial charge in [-0.05, 0) is 31.2 Å². The van der Waals surface area contributed by atoms with Gasteiger partial charge in [-0.1, -0.05) is 0 Å². The van der Waals surface area contributed by atoms with E-state index in [0.717, 1.165) is 16.3 Å². The second kappa shape index (κ2) is 10.1.